The molecule has 0 aromatic carbocycles. The lowest BCUT2D eigenvalue weighted by atomic mass is 10.00. The molecule has 0 aliphatic carbocycles. The highest BCUT2D eigenvalue weighted by molar-refractivity contribution is 5.80. The minimum Gasteiger partial charge on any atom is -0.381 e. The largest absolute Gasteiger partial charge is 0.381 e. The number of ether oxygens (including phenoxy) is 1. The number of carbonyl (C=O) groups is 1. The molecule has 0 aromatic heterocycles. The lowest BCUT2D eigenvalue weighted by Gasteiger charge is -2.22. The van der Waals surface area contributed by atoms with Crippen LogP contribution in [0, 0.1) is 5.92 Å². The van der Waals surface area contributed by atoms with E-state index in [2.05, 4.69) is 17.6 Å². The SMILES string of the molecule is CNC(=O)C(C)NC(C)C1CCOC1. The smallest absolute Gasteiger partial charge is 0.236 e. The maximum absolute atomic E-state index is 11.3. The molecule has 1 amide bonds. The Kier molecular flexibility index (Phi) is 4.35. The van der Waals surface area contributed by atoms with Crippen LogP contribution < -0.4 is 10.6 Å². The van der Waals surface area contributed by atoms with Crippen LogP contribution >= 0.6 is 0 Å². The van der Waals surface area contributed by atoms with Gasteiger partial charge in [-0.1, -0.05) is 0 Å². The van der Waals surface area contributed by atoms with E-state index in [0.717, 1.165) is 19.6 Å². The molecular formula is C10H20N2O2. The van der Waals surface area contributed by atoms with Crippen LogP contribution in [0.2, 0.25) is 0 Å². The van der Waals surface area contributed by atoms with Crippen molar-refractivity contribution in [3.05, 3.63) is 0 Å². The van der Waals surface area contributed by atoms with E-state index in [0.29, 0.717) is 12.0 Å². The summed E-state index contributed by atoms with van der Waals surface area (Å²) in [6, 6.07) is 0.209. The van der Waals surface area contributed by atoms with Crippen molar-refractivity contribution in [2.24, 2.45) is 5.92 Å². The highest BCUT2D eigenvalue weighted by atomic mass is 16.5. The predicted molar refractivity (Wildman–Crippen MR) is 55.1 cm³/mol. The van der Waals surface area contributed by atoms with Crippen molar-refractivity contribution in [2.45, 2.75) is 32.4 Å². The Morgan fingerprint density at radius 2 is 2.21 bits per heavy atom. The van der Waals surface area contributed by atoms with E-state index in [1.54, 1.807) is 7.05 Å². The van der Waals surface area contributed by atoms with Crippen LogP contribution in [0.4, 0.5) is 0 Å². The summed E-state index contributed by atoms with van der Waals surface area (Å²) >= 11 is 0. The topological polar surface area (TPSA) is 50.4 Å². The molecule has 0 spiro atoms. The lowest BCUT2D eigenvalue weighted by Crippen LogP contribution is -2.47. The molecule has 1 rings (SSSR count). The maximum Gasteiger partial charge on any atom is 0.236 e. The number of hydrogen-bond donors (Lipinski definition) is 2. The van der Waals surface area contributed by atoms with Gasteiger partial charge in [0.2, 0.25) is 5.91 Å². The Morgan fingerprint density at radius 3 is 2.71 bits per heavy atom. The first-order valence-electron chi connectivity index (χ1n) is 5.20. The van der Waals surface area contributed by atoms with Crippen molar-refractivity contribution in [3.8, 4) is 0 Å². The van der Waals surface area contributed by atoms with Gasteiger partial charge in [0, 0.05) is 19.7 Å². The Balaban J connectivity index is 2.31. The maximum atomic E-state index is 11.3. The molecular weight excluding hydrogens is 180 g/mol. The standard InChI is InChI=1S/C10H20N2O2/c1-7(9-4-5-14-6-9)12-8(2)10(13)11-3/h7-9,12H,4-6H2,1-3H3,(H,11,13). The monoisotopic (exact) mass is 200 g/mol. The van der Waals surface area contributed by atoms with Crippen molar-refractivity contribution in [2.75, 3.05) is 20.3 Å². The molecule has 1 fully saturated rings. The molecule has 1 saturated heterocycles. The zero-order chi connectivity index (χ0) is 10.6. The third-order valence-electron chi connectivity index (χ3n) is 2.82. The normalized spacial score (nSPS) is 25.8. The first kappa shape index (κ1) is 11.5. The van der Waals surface area contributed by atoms with Crippen LogP contribution in [0.15, 0.2) is 0 Å². The highest BCUT2D eigenvalue weighted by Gasteiger charge is 2.24. The van der Waals surface area contributed by atoms with Crippen molar-refractivity contribution in [1.29, 1.82) is 0 Å². The second kappa shape index (κ2) is 5.32. The van der Waals surface area contributed by atoms with E-state index in [4.69, 9.17) is 4.74 Å². The Bertz CT molecular complexity index is 191. The molecule has 4 nitrogen and oxygen atoms in total. The average molecular weight is 200 g/mol. The number of amides is 1. The fourth-order valence-corrected chi connectivity index (χ4v) is 1.77. The Hall–Kier alpha value is -0.610. The molecule has 14 heavy (non-hydrogen) atoms. The van der Waals surface area contributed by atoms with Crippen LogP contribution in [-0.4, -0.2) is 38.3 Å². The molecule has 1 aliphatic rings. The molecule has 2 N–H and O–H groups in total. The molecule has 3 atom stereocenters. The summed E-state index contributed by atoms with van der Waals surface area (Å²) in [6.45, 7) is 5.66. The van der Waals surface area contributed by atoms with Crippen LogP contribution in [-0.2, 0) is 9.53 Å². The molecule has 1 heterocycles. The van der Waals surface area contributed by atoms with Gasteiger partial charge in [-0.15, -0.1) is 0 Å². The zero-order valence-corrected chi connectivity index (χ0v) is 9.17. The quantitative estimate of drug-likeness (QED) is 0.678. The van der Waals surface area contributed by atoms with Gasteiger partial charge in [0.05, 0.1) is 12.6 Å². The van der Waals surface area contributed by atoms with E-state index >= 15 is 0 Å². The van der Waals surface area contributed by atoms with E-state index in [1.165, 1.54) is 0 Å². The summed E-state index contributed by atoms with van der Waals surface area (Å²) in [5, 5.41) is 5.91. The van der Waals surface area contributed by atoms with Crippen LogP contribution in [0.3, 0.4) is 0 Å². The van der Waals surface area contributed by atoms with Crippen molar-refractivity contribution < 1.29 is 9.53 Å². The number of hydrogen-bond acceptors (Lipinski definition) is 3. The van der Waals surface area contributed by atoms with Crippen molar-refractivity contribution >= 4 is 5.91 Å². The summed E-state index contributed by atoms with van der Waals surface area (Å²) in [4.78, 5) is 11.3. The minimum atomic E-state index is -0.129. The third-order valence-corrected chi connectivity index (χ3v) is 2.82. The van der Waals surface area contributed by atoms with Gasteiger partial charge in [0.15, 0.2) is 0 Å². The Labute approximate surface area is 85.4 Å². The van der Waals surface area contributed by atoms with E-state index in [-0.39, 0.29) is 11.9 Å². The number of likely N-dealkylation sites (N-methyl/N-ethyl adjacent to an activating group) is 1. The molecule has 82 valence electrons. The number of nitrogens with one attached hydrogen (secondary N) is 2. The summed E-state index contributed by atoms with van der Waals surface area (Å²) in [5.41, 5.74) is 0. The summed E-state index contributed by atoms with van der Waals surface area (Å²) in [7, 11) is 1.66. The van der Waals surface area contributed by atoms with E-state index < -0.39 is 0 Å². The van der Waals surface area contributed by atoms with E-state index in [1.807, 2.05) is 6.92 Å². The molecule has 0 saturated carbocycles. The van der Waals surface area contributed by atoms with Crippen LogP contribution in [0.5, 0.6) is 0 Å². The average Bonchev–Trinajstić information content (AvgIpc) is 2.69. The van der Waals surface area contributed by atoms with Crippen molar-refractivity contribution in [3.63, 3.8) is 0 Å². The summed E-state index contributed by atoms with van der Waals surface area (Å²) in [6.07, 6.45) is 1.09. The molecule has 0 bridgehead atoms. The molecule has 0 aromatic rings. The fourth-order valence-electron chi connectivity index (χ4n) is 1.77. The fraction of sp³-hybridized carbons (Fsp3) is 0.900. The van der Waals surface area contributed by atoms with Gasteiger partial charge in [0.25, 0.3) is 0 Å². The highest BCUT2D eigenvalue weighted by Crippen LogP contribution is 2.16. The molecule has 1 aliphatic heterocycles. The van der Waals surface area contributed by atoms with E-state index in [9.17, 15) is 4.79 Å². The van der Waals surface area contributed by atoms with Gasteiger partial charge in [0.1, 0.15) is 0 Å². The van der Waals surface area contributed by atoms with Gasteiger partial charge in [-0.2, -0.15) is 0 Å². The van der Waals surface area contributed by atoms with Gasteiger partial charge in [-0.05, 0) is 26.2 Å². The second-order valence-electron chi connectivity index (χ2n) is 3.91. The Morgan fingerprint density at radius 1 is 1.50 bits per heavy atom. The predicted octanol–water partition coefficient (Wildman–Crippen LogP) is 0.135. The van der Waals surface area contributed by atoms with Gasteiger partial charge in [-0.25, -0.2) is 0 Å². The zero-order valence-electron chi connectivity index (χ0n) is 9.17. The summed E-state index contributed by atoms with van der Waals surface area (Å²) in [5.74, 6) is 0.581. The van der Waals surface area contributed by atoms with Crippen LogP contribution in [0.1, 0.15) is 20.3 Å². The van der Waals surface area contributed by atoms with Gasteiger partial charge in [-0.3, -0.25) is 4.79 Å². The van der Waals surface area contributed by atoms with Gasteiger partial charge >= 0.3 is 0 Å². The lowest BCUT2D eigenvalue weighted by molar-refractivity contribution is -0.122. The second-order valence-corrected chi connectivity index (χ2v) is 3.91. The molecule has 4 heteroatoms. The molecule has 3 unspecified atom stereocenters. The third kappa shape index (κ3) is 2.96. The molecule has 0 radical (unpaired) electrons. The van der Waals surface area contributed by atoms with Crippen LogP contribution in [0.25, 0.3) is 0 Å². The number of rotatable bonds is 4. The first-order valence-corrected chi connectivity index (χ1v) is 5.20. The minimum absolute atomic E-state index is 0.0377. The number of carbonyl (C=O) groups excluding carboxylic acids is 1. The summed E-state index contributed by atoms with van der Waals surface area (Å²) < 4.78 is 5.31. The van der Waals surface area contributed by atoms with Crippen molar-refractivity contribution in [1.82, 2.24) is 10.6 Å². The first-order chi connectivity index (χ1) is 6.65. The van der Waals surface area contributed by atoms with Gasteiger partial charge < -0.3 is 15.4 Å².